The summed E-state index contributed by atoms with van der Waals surface area (Å²) >= 11 is 0. The Hall–Kier alpha value is -0.820. The van der Waals surface area contributed by atoms with Crippen molar-refractivity contribution < 1.29 is 0 Å². The predicted octanol–water partition coefficient (Wildman–Crippen LogP) is 4.06. The summed E-state index contributed by atoms with van der Waals surface area (Å²) in [6.45, 7) is 8.05. The highest BCUT2D eigenvalue weighted by Crippen LogP contribution is 2.40. The maximum atomic E-state index is 3.68. The van der Waals surface area contributed by atoms with Gasteiger partial charge in [0.1, 0.15) is 0 Å². The molecular weight excluding hydrogens is 218 g/mol. The van der Waals surface area contributed by atoms with Crippen LogP contribution in [0.2, 0.25) is 0 Å². The third-order valence-corrected chi connectivity index (χ3v) is 4.48. The van der Waals surface area contributed by atoms with Crippen LogP contribution in [0.25, 0.3) is 0 Å². The molecule has 0 amide bonds. The molecule has 0 bridgehead atoms. The van der Waals surface area contributed by atoms with Crippen molar-refractivity contribution in [3.05, 3.63) is 35.4 Å². The first-order chi connectivity index (χ1) is 8.68. The zero-order valence-electron chi connectivity index (χ0n) is 12.1. The lowest BCUT2D eigenvalue weighted by Gasteiger charge is -2.25. The molecule has 1 heteroatoms. The van der Waals surface area contributed by atoms with Gasteiger partial charge >= 0.3 is 0 Å². The van der Waals surface area contributed by atoms with E-state index >= 15 is 0 Å². The van der Waals surface area contributed by atoms with Crippen LogP contribution in [0.1, 0.15) is 57.6 Å². The lowest BCUT2D eigenvalue weighted by molar-refractivity contribution is 0.452. The van der Waals surface area contributed by atoms with Crippen molar-refractivity contribution in [1.29, 1.82) is 0 Å². The first kappa shape index (κ1) is 13.6. The van der Waals surface area contributed by atoms with Gasteiger partial charge in [0.05, 0.1) is 0 Å². The topological polar surface area (TPSA) is 12.0 Å². The summed E-state index contributed by atoms with van der Waals surface area (Å²) in [5.74, 6) is 0. The van der Waals surface area contributed by atoms with E-state index in [0.717, 1.165) is 19.0 Å². The molecular formula is C17H27N. The van der Waals surface area contributed by atoms with Gasteiger partial charge in [-0.2, -0.15) is 0 Å². The summed E-state index contributed by atoms with van der Waals surface area (Å²) in [6, 6.07) is 10.0. The van der Waals surface area contributed by atoms with Gasteiger partial charge in [-0.05, 0) is 55.2 Å². The Labute approximate surface area is 112 Å². The van der Waals surface area contributed by atoms with E-state index in [0.29, 0.717) is 5.41 Å². The Kier molecular flexibility index (Phi) is 4.45. The van der Waals surface area contributed by atoms with E-state index in [4.69, 9.17) is 0 Å². The van der Waals surface area contributed by atoms with Gasteiger partial charge in [0.25, 0.3) is 0 Å². The van der Waals surface area contributed by atoms with Crippen molar-refractivity contribution in [1.82, 2.24) is 5.32 Å². The third-order valence-electron chi connectivity index (χ3n) is 4.48. The summed E-state index contributed by atoms with van der Waals surface area (Å²) in [4.78, 5) is 0. The zero-order valence-corrected chi connectivity index (χ0v) is 12.1. The first-order valence-electron chi connectivity index (χ1n) is 7.50. The number of hydrogen-bond acceptors (Lipinski definition) is 1. The highest BCUT2D eigenvalue weighted by molar-refractivity contribution is 5.30. The molecule has 1 aliphatic rings. The first-order valence-corrected chi connectivity index (χ1v) is 7.50. The maximum Gasteiger partial charge on any atom is 0.00757 e. The number of hydrogen-bond donors (Lipinski definition) is 1. The average Bonchev–Trinajstić information content (AvgIpc) is 2.79. The molecule has 1 aliphatic carbocycles. The normalized spacial score (nSPS) is 27.6. The number of aryl methyl sites for hydroxylation is 1. The minimum absolute atomic E-state index is 0.387. The second-order valence-electron chi connectivity index (χ2n) is 6.00. The quantitative estimate of drug-likeness (QED) is 0.825. The maximum absolute atomic E-state index is 3.68. The fraction of sp³-hybridized carbons (Fsp3) is 0.647. The van der Waals surface area contributed by atoms with Crippen molar-refractivity contribution in [3.63, 3.8) is 0 Å². The van der Waals surface area contributed by atoms with Gasteiger partial charge in [0, 0.05) is 6.04 Å². The molecule has 0 radical (unpaired) electrons. The van der Waals surface area contributed by atoms with Crippen LogP contribution in [0, 0.1) is 0 Å². The van der Waals surface area contributed by atoms with Crippen molar-refractivity contribution in [2.45, 2.75) is 64.3 Å². The second kappa shape index (κ2) is 5.88. The average molecular weight is 245 g/mol. The van der Waals surface area contributed by atoms with Crippen LogP contribution < -0.4 is 5.32 Å². The predicted molar refractivity (Wildman–Crippen MR) is 79.1 cm³/mol. The van der Waals surface area contributed by atoms with E-state index in [1.54, 1.807) is 0 Å². The minimum Gasteiger partial charge on any atom is -0.314 e. The van der Waals surface area contributed by atoms with Gasteiger partial charge in [-0.15, -0.1) is 0 Å². The second-order valence-corrected chi connectivity index (χ2v) is 6.00. The minimum atomic E-state index is 0.387. The van der Waals surface area contributed by atoms with Gasteiger partial charge in [0.15, 0.2) is 0 Å². The Morgan fingerprint density at radius 3 is 2.56 bits per heavy atom. The lowest BCUT2D eigenvalue weighted by atomic mass is 9.80. The Balaban J connectivity index is 2.03. The highest BCUT2D eigenvalue weighted by Gasteiger charge is 2.35. The number of nitrogens with one attached hydrogen (secondary N) is 1. The lowest BCUT2D eigenvalue weighted by Crippen LogP contribution is -2.29. The van der Waals surface area contributed by atoms with E-state index in [1.807, 2.05) is 0 Å². The molecule has 0 aliphatic heterocycles. The SMILES string of the molecule is CCCNC1CCC(C)(c2ccc(CC)cc2)C1. The van der Waals surface area contributed by atoms with E-state index in [9.17, 15) is 0 Å². The molecule has 1 N–H and O–H groups in total. The van der Waals surface area contributed by atoms with Crippen LogP contribution in [-0.4, -0.2) is 12.6 Å². The van der Waals surface area contributed by atoms with Gasteiger partial charge in [0.2, 0.25) is 0 Å². The molecule has 1 aromatic carbocycles. The smallest absolute Gasteiger partial charge is 0.00757 e. The Morgan fingerprint density at radius 2 is 1.94 bits per heavy atom. The van der Waals surface area contributed by atoms with Crippen molar-refractivity contribution >= 4 is 0 Å². The largest absolute Gasteiger partial charge is 0.314 e. The fourth-order valence-corrected chi connectivity index (χ4v) is 3.17. The molecule has 2 rings (SSSR count). The van der Waals surface area contributed by atoms with Crippen LogP contribution in [0.15, 0.2) is 24.3 Å². The summed E-state index contributed by atoms with van der Waals surface area (Å²) in [6.07, 6.45) is 6.31. The molecule has 2 atom stereocenters. The van der Waals surface area contributed by atoms with Crippen molar-refractivity contribution in [2.75, 3.05) is 6.54 Å². The van der Waals surface area contributed by atoms with Crippen LogP contribution >= 0.6 is 0 Å². The molecule has 0 spiro atoms. The molecule has 0 saturated heterocycles. The molecule has 1 aromatic rings. The summed E-state index contributed by atoms with van der Waals surface area (Å²) in [5, 5.41) is 3.68. The van der Waals surface area contributed by atoms with E-state index in [2.05, 4.69) is 50.4 Å². The molecule has 1 saturated carbocycles. The summed E-state index contributed by atoms with van der Waals surface area (Å²) in [7, 11) is 0. The Bertz CT molecular complexity index is 368. The number of benzene rings is 1. The van der Waals surface area contributed by atoms with Crippen LogP contribution in [0.3, 0.4) is 0 Å². The van der Waals surface area contributed by atoms with Gasteiger partial charge in [-0.25, -0.2) is 0 Å². The molecule has 0 aromatic heterocycles. The summed E-state index contributed by atoms with van der Waals surface area (Å²) in [5.41, 5.74) is 3.36. The van der Waals surface area contributed by atoms with Gasteiger partial charge in [-0.1, -0.05) is 45.0 Å². The van der Waals surface area contributed by atoms with Crippen molar-refractivity contribution in [3.8, 4) is 0 Å². The number of rotatable bonds is 5. The van der Waals surface area contributed by atoms with Crippen LogP contribution in [0.4, 0.5) is 0 Å². The van der Waals surface area contributed by atoms with E-state index in [1.165, 1.54) is 36.8 Å². The Morgan fingerprint density at radius 1 is 1.22 bits per heavy atom. The zero-order chi connectivity index (χ0) is 13.0. The summed E-state index contributed by atoms with van der Waals surface area (Å²) < 4.78 is 0. The molecule has 1 fully saturated rings. The van der Waals surface area contributed by atoms with E-state index in [-0.39, 0.29) is 0 Å². The molecule has 2 unspecified atom stereocenters. The molecule has 0 heterocycles. The van der Waals surface area contributed by atoms with Crippen molar-refractivity contribution in [2.24, 2.45) is 0 Å². The molecule has 18 heavy (non-hydrogen) atoms. The fourth-order valence-electron chi connectivity index (χ4n) is 3.17. The highest BCUT2D eigenvalue weighted by atomic mass is 14.9. The van der Waals surface area contributed by atoms with Gasteiger partial charge in [-0.3, -0.25) is 0 Å². The van der Waals surface area contributed by atoms with Crippen LogP contribution in [-0.2, 0) is 11.8 Å². The third kappa shape index (κ3) is 2.95. The standard InChI is InChI=1S/C17H27N/c1-4-12-18-16-10-11-17(3,13-16)15-8-6-14(5-2)7-9-15/h6-9,16,18H,4-5,10-13H2,1-3H3. The van der Waals surface area contributed by atoms with Gasteiger partial charge < -0.3 is 5.32 Å². The van der Waals surface area contributed by atoms with Crippen LogP contribution in [0.5, 0.6) is 0 Å². The molecule has 1 nitrogen and oxygen atoms in total. The van der Waals surface area contributed by atoms with E-state index < -0.39 is 0 Å². The molecule has 100 valence electrons. The monoisotopic (exact) mass is 245 g/mol.